The molecule has 2 N–H and O–H groups in total. The largest absolute Gasteiger partial charge is 0.376 e. The van der Waals surface area contributed by atoms with Gasteiger partial charge in [0.05, 0.1) is 17.1 Å². The van der Waals surface area contributed by atoms with Crippen molar-refractivity contribution in [3.63, 3.8) is 0 Å². The minimum atomic E-state index is -3.16. The first-order valence-corrected chi connectivity index (χ1v) is 9.14. The van der Waals surface area contributed by atoms with E-state index < -0.39 is 10.0 Å². The maximum absolute atomic E-state index is 11.9. The molecule has 0 aromatic heterocycles. The second kappa shape index (κ2) is 8.73. The summed E-state index contributed by atoms with van der Waals surface area (Å²) in [5.41, 5.74) is 1.64. The molecule has 1 aromatic carbocycles. The third kappa shape index (κ3) is 6.07. The number of anilines is 2. The predicted molar refractivity (Wildman–Crippen MR) is 94.5 cm³/mol. The minimum Gasteiger partial charge on any atom is -0.376 e. The average molecular weight is 342 g/mol. The van der Waals surface area contributed by atoms with Gasteiger partial charge in [0.15, 0.2) is 0 Å². The summed E-state index contributed by atoms with van der Waals surface area (Å²) in [7, 11) is 2.20. The maximum Gasteiger partial charge on any atom is 0.319 e. The van der Waals surface area contributed by atoms with Crippen LogP contribution in [0.15, 0.2) is 24.3 Å². The van der Waals surface area contributed by atoms with Crippen LogP contribution in [0.2, 0.25) is 0 Å². The van der Waals surface area contributed by atoms with E-state index in [-0.39, 0.29) is 11.8 Å². The number of carbonyl (C=O) groups excluding carboxylic acids is 1. The monoisotopic (exact) mass is 342 g/mol. The van der Waals surface area contributed by atoms with Gasteiger partial charge in [-0.25, -0.2) is 17.5 Å². The van der Waals surface area contributed by atoms with E-state index in [1.54, 1.807) is 14.0 Å². The standard InChI is InChI=1S/C15H26N4O3S/c1-5-23(21,22)19(4)12-8-11-16-15(20)17-13-9-6-7-10-14(13)18(2)3/h6-7,9-10H,5,8,11-12H2,1-4H3,(H2,16,17,20). The molecule has 0 aliphatic heterocycles. The van der Waals surface area contributed by atoms with Gasteiger partial charge in [0.25, 0.3) is 0 Å². The van der Waals surface area contributed by atoms with Crippen LogP contribution in [0, 0.1) is 0 Å². The molecular formula is C15H26N4O3S. The Labute approximate surface area is 138 Å². The minimum absolute atomic E-state index is 0.0821. The van der Waals surface area contributed by atoms with Crippen molar-refractivity contribution < 1.29 is 13.2 Å². The van der Waals surface area contributed by atoms with Gasteiger partial charge in [-0.1, -0.05) is 12.1 Å². The number of para-hydroxylation sites is 2. The third-order valence-electron chi connectivity index (χ3n) is 3.41. The molecule has 0 fully saturated rings. The lowest BCUT2D eigenvalue weighted by atomic mass is 10.2. The van der Waals surface area contributed by atoms with E-state index in [4.69, 9.17) is 0 Å². The number of carbonyl (C=O) groups is 1. The normalized spacial score (nSPS) is 11.3. The van der Waals surface area contributed by atoms with E-state index in [0.29, 0.717) is 19.5 Å². The highest BCUT2D eigenvalue weighted by Gasteiger charge is 2.14. The summed E-state index contributed by atoms with van der Waals surface area (Å²) in [4.78, 5) is 13.8. The fourth-order valence-corrected chi connectivity index (χ4v) is 2.85. The molecule has 0 bridgehead atoms. The number of benzene rings is 1. The zero-order valence-electron chi connectivity index (χ0n) is 14.2. The molecule has 1 aromatic rings. The van der Waals surface area contributed by atoms with E-state index >= 15 is 0 Å². The SMILES string of the molecule is CCS(=O)(=O)N(C)CCCNC(=O)Nc1ccccc1N(C)C. The molecule has 0 saturated heterocycles. The first-order chi connectivity index (χ1) is 10.8. The molecule has 0 heterocycles. The maximum atomic E-state index is 11.9. The Balaban J connectivity index is 2.42. The summed E-state index contributed by atoms with van der Waals surface area (Å²) in [5.74, 6) is 0.0821. The van der Waals surface area contributed by atoms with Crippen LogP contribution in [0.3, 0.4) is 0 Å². The Kier molecular flexibility index (Phi) is 7.31. The van der Waals surface area contributed by atoms with Gasteiger partial charge in [-0.15, -0.1) is 0 Å². The Bertz CT molecular complexity index is 617. The van der Waals surface area contributed by atoms with Crippen LogP contribution in [0.1, 0.15) is 13.3 Å². The van der Waals surface area contributed by atoms with Crippen molar-refractivity contribution in [1.29, 1.82) is 0 Å². The van der Waals surface area contributed by atoms with Gasteiger partial charge in [-0.3, -0.25) is 0 Å². The summed E-state index contributed by atoms with van der Waals surface area (Å²) < 4.78 is 24.5. The van der Waals surface area contributed by atoms with E-state index in [2.05, 4.69) is 10.6 Å². The van der Waals surface area contributed by atoms with Crippen molar-refractivity contribution in [2.24, 2.45) is 0 Å². The van der Waals surface area contributed by atoms with Crippen LogP contribution in [-0.2, 0) is 10.0 Å². The summed E-state index contributed by atoms with van der Waals surface area (Å²) >= 11 is 0. The molecule has 8 heteroatoms. The number of sulfonamides is 1. The summed E-state index contributed by atoms with van der Waals surface area (Å²) in [5, 5.41) is 5.53. The first kappa shape index (κ1) is 19.2. The smallest absolute Gasteiger partial charge is 0.319 e. The number of nitrogens with zero attached hydrogens (tertiary/aromatic N) is 2. The molecule has 1 rings (SSSR count). The lowest BCUT2D eigenvalue weighted by molar-refractivity contribution is 0.251. The number of hydrogen-bond donors (Lipinski definition) is 2. The van der Waals surface area contributed by atoms with E-state index in [0.717, 1.165) is 11.4 Å². The Hall–Kier alpha value is -1.80. The van der Waals surface area contributed by atoms with Crippen LogP contribution in [-0.4, -0.2) is 58.7 Å². The average Bonchev–Trinajstić information content (AvgIpc) is 2.51. The van der Waals surface area contributed by atoms with Crippen LogP contribution in [0.25, 0.3) is 0 Å². The molecule has 0 aliphatic carbocycles. The number of urea groups is 1. The summed E-state index contributed by atoms with van der Waals surface area (Å²) in [6, 6.07) is 7.20. The van der Waals surface area contributed by atoms with E-state index in [1.807, 2.05) is 43.3 Å². The topological polar surface area (TPSA) is 81.8 Å². The molecule has 130 valence electrons. The highest BCUT2D eigenvalue weighted by Crippen LogP contribution is 2.23. The molecular weight excluding hydrogens is 316 g/mol. The number of amides is 2. The van der Waals surface area contributed by atoms with Gasteiger partial charge in [0, 0.05) is 34.2 Å². The van der Waals surface area contributed by atoms with Gasteiger partial charge in [-0.2, -0.15) is 0 Å². The van der Waals surface area contributed by atoms with Gasteiger partial charge >= 0.3 is 6.03 Å². The number of nitrogens with one attached hydrogen (secondary N) is 2. The lowest BCUT2D eigenvalue weighted by Gasteiger charge is -2.18. The second-order valence-electron chi connectivity index (χ2n) is 5.37. The van der Waals surface area contributed by atoms with Crippen molar-refractivity contribution in [2.45, 2.75) is 13.3 Å². The highest BCUT2D eigenvalue weighted by molar-refractivity contribution is 7.89. The predicted octanol–water partition coefficient (Wildman–Crippen LogP) is 1.55. The number of rotatable bonds is 8. The molecule has 0 radical (unpaired) electrons. The van der Waals surface area contributed by atoms with Crippen LogP contribution < -0.4 is 15.5 Å². The van der Waals surface area contributed by atoms with Gasteiger partial charge in [0.1, 0.15) is 0 Å². The molecule has 0 aliphatic rings. The lowest BCUT2D eigenvalue weighted by Crippen LogP contribution is -2.34. The first-order valence-electron chi connectivity index (χ1n) is 7.53. The van der Waals surface area contributed by atoms with Crippen molar-refractivity contribution in [3.8, 4) is 0 Å². The summed E-state index contributed by atoms with van der Waals surface area (Å²) in [6.07, 6.45) is 0.554. The second-order valence-corrected chi connectivity index (χ2v) is 7.73. The molecule has 23 heavy (non-hydrogen) atoms. The van der Waals surface area contributed by atoms with Gasteiger partial charge in [-0.05, 0) is 25.5 Å². The van der Waals surface area contributed by atoms with Crippen LogP contribution in [0.5, 0.6) is 0 Å². The number of hydrogen-bond acceptors (Lipinski definition) is 4. The third-order valence-corrected chi connectivity index (χ3v) is 5.27. The highest BCUT2D eigenvalue weighted by atomic mass is 32.2. The molecule has 0 atom stereocenters. The fourth-order valence-electron chi connectivity index (χ4n) is 2.00. The van der Waals surface area contributed by atoms with E-state index in [9.17, 15) is 13.2 Å². The van der Waals surface area contributed by atoms with Crippen molar-refractivity contribution in [1.82, 2.24) is 9.62 Å². The fraction of sp³-hybridized carbons (Fsp3) is 0.533. The van der Waals surface area contributed by atoms with Crippen molar-refractivity contribution in [3.05, 3.63) is 24.3 Å². The molecule has 2 amide bonds. The van der Waals surface area contributed by atoms with E-state index in [1.165, 1.54) is 4.31 Å². The Morgan fingerprint density at radius 2 is 1.83 bits per heavy atom. The quantitative estimate of drug-likeness (QED) is 0.702. The summed E-state index contributed by atoms with van der Waals surface area (Å²) in [6.45, 7) is 2.39. The van der Waals surface area contributed by atoms with Crippen LogP contribution in [0.4, 0.5) is 16.2 Å². The van der Waals surface area contributed by atoms with Crippen molar-refractivity contribution in [2.75, 3.05) is 50.2 Å². The zero-order chi connectivity index (χ0) is 17.5. The van der Waals surface area contributed by atoms with Crippen LogP contribution >= 0.6 is 0 Å². The zero-order valence-corrected chi connectivity index (χ0v) is 15.0. The molecule has 0 spiro atoms. The molecule has 0 unspecified atom stereocenters. The molecule has 7 nitrogen and oxygen atoms in total. The molecule has 0 saturated carbocycles. The Morgan fingerprint density at radius 1 is 1.17 bits per heavy atom. The van der Waals surface area contributed by atoms with Gasteiger partial charge in [0.2, 0.25) is 10.0 Å². The Morgan fingerprint density at radius 3 is 2.43 bits per heavy atom. The van der Waals surface area contributed by atoms with Crippen molar-refractivity contribution >= 4 is 27.4 Å². The van der Waals surface area contributed by atoms with Gasteiger partial charge < -0.3 is 15.5 Å².